The van der Waals surface area contributed by atoms with Crippen molar-refractivity contribution in [1.82, 2.24) is 10.1 Å². The van der Waals surface area contributed by atoms with Crippen LogP contribution >= 0.6 is 0 Å². The maximum atomic E-state index is 10.7. The van der Waals surface area contributed by atoms with Gasteiger partial charge in [-0.05, 0) is 5.92 Å². The molecule has 0 aliphatic rings. The maximum absolute atomic E-state index is 10.7. The van der Waals surface area contributed by atoms with E-state index < -0.39 is 5.76 Å². The number of hydrogen-bond donors (Lipinski definition) is 2. The van der Waals surface area contributed by atoms with Gasteiger partial charge in [0, 0.05) is 12.5 Å². The van der Waals surface area contributed by atoms with Crippen LogP contribution in [0.5, 0.6) is 0 Å². The molecule has 2 atom stereocenters. The number of rotatable bonds is 4. The lowest BCUT2D eigenvalue weighted by molar-refractivity contribution is 0.362. The number of nitrogens with zero attached hydrogens (tertiary/aromatic N) is 1. The molecule has 74 valence electrons. The Morgan fingerprint density at radius 1 is 1.69 bits per heavy atom. The van der Waals surface area contributed by atoms with Crippen molar-refractivity contribution in [1.29, 1.82) is 0 Å². The van der Waals surface area contributed by atoms with Crippen molar-refractivity contribution in [3.63, 3.8) is 0 Å². The zero-order valence-electron chi connectivity index (χ0n) is 7.91. The van der Waals surface area contributed by atoms with Crippen LogP contribution in [-0.2, 0) is 0 Å². The van der Waals surface area contributed by atoms with Crippen LogP contribution in [-0.4, -0.2) is 16.7 Å². The summed E-state index contributed by atoms with van der Waals surface area (Å²) in [5.74, 6) is 0.515. The molecule has 0 spiro atoms. The smallest absolute Gasteiger partial charge is 0.330 e. The van der Waals surface area contributed by atoms with E-state index in [0.29, 0.717) is 18.3 Å². The van der Waals surface area contributed by atoms with Gasteiger partial charge in [-0.2, -0.15) is 0 Å². The predicted octanol–water partition coefficient (Wildman–Crippen LogP) is 0.451. The molecule has 1 rings (SSSR count). The fourth-order valence-electron chi connectivity index (χ4n) is 1.30. The molecule has 1 aromatic rings. The summed E-state index contributed by atoms with van der Waals surface area (Å²) in [5, 5.41) is 3.63. The number of aromatic amines is 1. The highest BCUT2D eigenvalue weighted by molar-refractivity contribution is 4.94. The molecular formula is C8H15N3O2. The van der Waals surface area contributed by atoms with Crippen LogP contribution in [0.25, 0.3) is 0 Å². The van der Waals surface area contributed by atoms with E-state index in [4.69, 9.17) is 5.73 Å². The lowest BCUT2D eigenvalue weighted by atomic mass is 9.91. The molecule has 0 saturated heterocycles. The van der Waals surface area contributed by atoms with Gasteiger partial charge in [0.05, 0.1) is 0 Å². The van der Waals surface area contributed by atoms with E-state index in [1.54, 1.807) is 0 Å². The summed E-state index contributed by atoms with van der Waals surface area (Å²) in [6.45, 7) is 4.62. The zero-order valence-corrected chi connectivity index (χ0v) is 7.91. The fourth-order valence-corrected chi connectivity index (χ4v) is 1.30. The fraction of sp³-hybridized carbons (Fsp3) is 0.750. The second-order valence-corrected chi connectivity index (χ2v) is 3.21. The van der Waals surface area contributed by atoms with Gasteiger partial charge in [0.15, 0.2) is 5.82 Å². The number of hydrogen-bond acceptors (Lipinski definition) is 4. The van der Waals surface area contributed by atoms with Gasteiger partial charge >= 0.3 is 5.76 Å². The van der Waals surface area contributed by atoms with Gasteiger partial charge in [-0.3, -0.25) is 9.51 Å². The van der Waals surface area contributed by atoms with Crippen LogP contribution in [0.15, 0.2) is 9.32 Å². The van der Waals surface area contributed by atoms with Crippen molar-refractivity contribution < 1.29 is 4.52 Å². The molecular weight excluding hydrogens is 170 g/mol. The molecule has 13 heavy (non-hydrogen) atoms. The van der Waals surface area contributed by atoms with E-state index in [1.807, 2.05) is 0 Å². The van der Waals surface area contributed by atoms with Gasteiger partial charge in [-0.1, -0.05) is 25.4 Å². The van der Waals surface area contributed by atoms with E-state index in [-0.39, 0.29) is 5.92 Å². The van der Waals surface area contributed by atoms with Gasteiger partial charge in [0.25, 0.3) is 0 Å². The average Bonchev–Trinajstić information content (AvgIpc) is 2.53. The van der Waals surface area contributed by atoms with E-state index in [9.17, 15) is 4.79 Å². The van der Waals surface area contributed by atoms with Crippen molar-refractivity contribution in [2.45, 2.75) is 26.2 Å². The lowest BCUT2D eigenvalue weighted by Gasteiger charge is -2.17. The predicted molar refractivity (Wildman–Crippen MR) is 48.4 cm³/mol. The molecule has 0 saturated carbocycles. The average molecular weight is 185 g/mol. The van der Waals surface area contributed by atoms with Crippen molar-refractivity contribution in [2.75, 3.05) is 6.54 Å². The molecule has 0 bridgehead atoms. The summed E-state index contributed by atoms with van der Waals surface area (Å²) in [6, 6.07) is 0. The monoisotopic (exact) mass is 185 g/mol. The maximum Gasteiger partial charge on any atom is 0.438 e. The van der Waals surface area contributed by atoms with Crippen molar-refractivity contribution in [2.24, 2.45) is 11.7 Å². The number of nitrogens with two attached hydrogens (primary N) is 1. The summed E-state index contributed by atoms with van der Waals surface area (Å²) in [4.78, 5) is 13.2. The Morgan fingerprint density at radius 2 is 2.38 bits per heavy atom. The first-order valence-electron chi connectivity index (χ1n) is 4.45. The summed E-state index contributed by atoms with van der Waals surface area (Å²) in [7, 11) is 0. The minimum Gasteiger partial charge on any atom is -0.330 e. The Kier molecular flexibility index (Phi) is 3.25. The minimum absolute atomic E-state index is 0.0800. The Bertz CT molecular complexity index is 304. The molecule has 2 unspecified atom stereocenters. The summed E-state index contributed by atoms with van der Waals surface area (Å²) >= 11 is 0. The molecule has 1 aromatic heterocycles. The second-order valence-electron chi connectivity index (χ2n) is 3.21. The third-order valence-electron chi connectivity index (χ3n) is 2.39. The quantitative estimate of drug-likeness (QED) is 0.713. The third kappa shape index (κ3) is 2.18. The van der Waals surface area contributed by atoms with Crippen LogP contribution in [0, 0.1) is 5.92 Å². The molecule has 3 N–H and O–H groups in total. The Morgan fingerprint density at radius 3 is 2.77 bits per heavy atom. The lowest BCUT2D eigenvalue weighted by Crippen LogP contribution is -2.21. The first-order valence-corrected chi connectivity index (χ1v) is 4.45. The Hall–Kier alpha value is -1.10. The minimum atomic E-state index is -0.517. The molecule has 0 aliphatic heterocycles. The van der Waals surface area contributed by atoms with Gasteiger partial charge in [-0.25, -0.2) is 4.79 Å². The molecule has 0 amide bonds. The topological polar surface area (TPSA) is 84.9 Å². The van der Waals surface area contributed by atoms with Gasteiger partial charge < -0.3 is 5.73 Å². The van der Waals surface area contributed by atoms with E-state index in [0.717, 1.165) is 6.42 Å². The highest BCUT2D eigenvalue weighted by atomic mass is 16.5. The normalized spacial score (nSPS) is 15.6. The first kappa shape index (κ1) is 9.98. The van der Waals surface area contributed by atoms with E-state index >= 15 is 0 Å². The van der Waals surface area contributed by atoms with Crippen LogP contribution in [0.4, 0.5) is 0 Å². The number of nitrogens with one attached hydrogen (secondary N) is 1. The summed E-state index contributed by atoms with van der Waals surface area (Å²) < 4.78 is 4.43. The highest BCUT2D eigenvalue weighted by Crippen LogP contribution is 2.21. The largest absolute Gasteiger partial charge is 0.438 e. The second kappa shape index (κ2) is 4.23. The van der Waals surface area contributed by atoms with Crippen molar-refractivity contribution in [3.8, 4) is 0 Å². The van der Waals surface area contributed by atoms with Gasteiger partial charge in [0.1, 0.15) is 0 Å². The summed E-state index contributed by atoms with van der Waals surface area (Å²) in [5.41, 5.74) is 5.59. The number of aromatic nitrogens is 2. The SMILES string of the molecule is CCC(C)C(CN)c1noc(=O)[nH]1. The third-order valence-corrected chi connectivity index (χ3v) is 2.39. The highest BCUT2D eigenvalue weighted by Gasteiger charge is 2.20. The molecule has 0 aromatic carbocycles. The van der Waals surface area contributed by atoms with Crippen LogP contribution in [0.2, 0.25) is 0 Å². The Labute approximate surface area is 76.3 Å². The van der Waals surface area contributed by atoms with E-state index in [1.165, 1.54) is 0 Å². The molecule has 0 aliphatic carbocycles. The van der Waals surface area contributed by atoms with Gasteiger partial charge in [-0.15, -0.1) is 0 Å². The van der Waals surface area contributed by atoms with Crippen LogP contribution in [0.3, 0.4) is 0 Å². The molecule has 0 fully saturated rings. The van der Waals surface area contributed by atoms with Crippen LogP contribution in [0.1, 0.15) is 32.0 Å². The Balaban J connectivity index is 2.83. The standard InChI is InChI=1S/C8H15N3O2/c1-3-5(2)6(4-9)7-10-8(12)13-11-7/h5-6H,3-4,9H2,1-2H3,(H,10,11,12). The van der Waals surface area contributed by atoms with Crippen molar-refractivity contribution >= 4 is 0 Å². The van der Waals surface area contributed by atoms with Crippen molar-refractivity contribution in [3.05, 3.63) is 16.4 Å². The molecule has 0 radical (unpaired) electrons. The van der Waals surface area contributed by atoms with E-state index in [2.05, 4.69) is 28.5 Å². The van der Waals surface area contributed by atoms with Crippen LogP contribution < -0.4 is 11.5 Å². The molecule has 5 heteroatoms. The zero-order chi connectivity index (χ0) is 9.84. The molecule has 1 heterocycles. The molecule has 5 nitrogen and oxygen atoms in total. The number of H-pyrrole nitrogens is 1. The first-order chi connectivity index (χ1) is 6.19. The van der Waals surface area contributed by atoms with Gasteiger partial charge in [0.2, 0.25) is 0 Å². The summed E-state index contributed by atoms with van der Waals surface area (Å²) in [6.07, 6.45) is 0.997.